The summed E-state index contributed by atoms with van der Waals surface area (Å²) in [6.07, 6.45) is 2.55. The number of rotatable bonds is 2. The summed E-state index contributed by atoms with van der Waals surface area (Å²) < 4.78 is 0.321. The highest BCUT2D eigenvalue weighted by Crippen LogP contribution is 2.38. The number of urea groups is 1. The molecule has 1 atom stereocenters. The van der Waals surface area contributed by atoms with E-state index in [1.54, 1.807) is 0 Å². The van der Waals surface area contributed by atoms with Gasteiger partial charge in [0.05, 0.1) is 0 Å². The minimum atomic E-state index is 0.119. The molecule has 2 amide bonds. The highest BCUT2D eigenvalue weighted by Gasteiger charge is 2.34. The van der Waals surface area contributed by atoms with Crippen LogP contribution < -0.4 is 5.32 Å². The molecule has 2 rings (SSSR count). The third kappa shape index (κ3) is 1.93. The van der Waals surface area contributed by atoms with Crippen LogP contribution in [0, 0.1) is 0 Å². The van der Waals surface area contributed by atoms with Crippen LogP contribution in [-0.2, 0) is 0 Å². The van der Waals surface area contributed by atoms with Crippen molar-refractivity contribution in [1.82, 2.24) is 10.2 Å². The molecule has 74 valence electrons. The van der Waals surface area contributed by atoms with Gasteiger partial charge in [-0.05, 0) is 25.5 Å². The first-order valence-electron chi connectivity index (χ1n) is 4.86. The van der Waals surface area contributed by atoms with Gasteiger partial charge in [0.2, 0.25) is 0 Å². The van der Waals surface area contributed by atoms with E-state index in [1.807, 2.05) is 16.7 Å². The van der Waals surface area contributed by atoms with E-state index in [-0.39, 0.29) is 6.03 Å². The van der Waals surface area contributed by atoms with Crippen molar-refractivity contribution >= 4 is 17.8 Å². The van der Waals surface area contributed by atoms with Crippen molar-refractivity contribution in [3.8, 4) is 0 Å². The summed E-state index contributed by atoms with van der Waals surface area (Å²) in [6, 6.07) is 0.119. The van der Waals surface area contributed by atoms with Crippen molar-refractivity contribution in [2.45, 2.75) is 24.5 Å². The SMILES string of the molecule is CC1(CN2CCNC2=O)CCCS1. The Balaban J connectivity index is 1.92. The van der Waals surface area contributed by atoms with Crippen LogP contribution in [0.15, 0.2) is 0 Å². The minimum Gasteiger partial charge on any atom is -0.336 e. The van der Waals surface area contributed by atoms with Crippen molar-refractivity contribution in [2.24, 2.45) is 0 Å². The molecule has 0 aliphatic carbocycles. The molecule has 1 unspecified atom stereocenters. The first kappa shape index (κ1) is 9.19. The quantitative estimate of drug-likeness (QED) is 0.728. The van der Waals surface area contributed by atoms with Gasteiger partial charge in [-0.1, -0.05) is 0 Å². The van der Waals surface area contributed by atoms with Gasteiger partial charge in [-0.3, -0.25) is 0 Å². The predicted molar refractivity (Wildman–Crippen MR) is 55.1 cm³/mol. The Morgan fingerprint density at radius 2 is 2.54 bits per heavy atom. The Morgan fingerprint density at radius 1 is 1.69 bits per heavy atom. The summed E-state index contributed by atoms with van der Waals surface area (Å²) in [5.74, 6) is 1.26. The second kappa shape index (κ2) is 3.40. The van der Waals surface area contributed by atoms with Gasteiger partial charge in [-0.25, -0.2) is 4.79 Å². The zero-order valence-electron chi connectivity index (χ0n) is 8.01. The van der Waals surface area contributed by atoms with Crippen LogP contribution in [0.3, 0.4) is 0 Å². The zero-order chi connectivity index (χ0) is 9.31. The summed E-state index contributed by atoms with van der Waals surface area (Å²) in [6.45, 7) is 4.90. The smallest absolute Gasteiger partial charge is 0.317 e. The van der Waals surface area contributed by atoms with Gasteiger partial charge < -0.3 is 10.2 Å². The van der Waals surface area contributed by atoms with Gasteiger partial charge in [-0.2, -0.15) is 11.8 Å². The molecule has 2 fully saturated rings. The molecule has 0 aromatic rings. The van der Waals surface area contributed by atoms with E-state index < -0.39 is 0 Å². The van der Waals surface area contributed by atoms with Gasteiger partial charge in [0, 0.05) is 24.4 Å². The van der Waals surface area contributed by atoms with Gasteiger partial charge in [-0.15, -0.1) is 0 Å². The van der Waals surface area contributed by atoms with Crippen LogP contribution in [0.2, 0.25) is 0 Å². The fraction of sp³-hybridized carbons (Fsp3) is 0.889. The maximum atomic E-state index is 11.3. The number of nitrogens with one attached hydrogen (secondary N) is 1. The molecule has 0 spiro atoms. The molecule has 2 saturated heterocycles. The molecule has 0 saturated carbocycles. The van der Waals surface area contributed by atoms with Crippen molar-refractivity contribution < 1.29 is 4.79 Å². The lowest BCUT2D eigenvalue weighted by Crippen LogP contribution is -2.39. The molecule has 0 aromatic carbocycles. The lowest BCUT2D eigenvalue weighted by molar-refractivity contribution is 0.213. The largest absolute Gasteiger partial charge is 0.336 e. The summed E-state index contributed by atoms with van der Waals surface area (Å²) in [4.78, 5) is 13.3. The second-order valence-corrected chi connectivity index (χ2v) is 5.74. The molecular weight excluding hydrogens is 184 g/mol. The number of amides is 2. The molecule has 13 heavy (non-hydrogen) atoms. The first-order chi connectivity index (χ1) is 6.20. The Bertz CT molecular complexity index is 214. The van der Waals surface area contributed by atoms with Crippen LogP contribution >= 0.6 is 11.8 Å². The fourth-order valence-electron chi connectivity index (χ4n) is 2.03. The predicted octanol–water partition coefficient (Wildman–Crippen LogP) is 1.30. The molecule has 4 heteroatoms. The maximum absolute atomic E-state index is 11.3. The average Bonchev–Trinajstić information content (AvgIpc) is 2.64. The minimum absolute atomic E-state index is 0.119. The van der Waals surface area contributed by atoms with Crippen LogP contribution in [0.5, 0.6) is 0 Å². The van der Waals surface area contributed by atoms with Gasteiger partial charge in [0.1, 0.15) is 0 Å². The summed E-state index contributed by atoms with van der Waals surface area (Å²) >= 11 is 2.01. The van der Waals surface area contributed by atoms with Gasteiger partial charge >= 0.3 is 6.03 Å². The summed E-state index contributed by atoms with van der Waals surface area (Å²) in [5, 5.41) is 2.84. The van der Waals surface area contributed by atoms with E-state index in [2.05, 4.69) is 12.2 Å². The van der Waals surface area contributed by atoms with E-state index in [1.165, 1.54) is 18.6 Å². The van der Waals surface area contributed by atoms with Crippen LogP contribution in [0.4, 0.5) is 4.79 Å². The number of nitrogens with zero attached hydrogens (tertiary/aromatic N) is 1. The number of carbonyl (C=O) groups excluding carboxylic acids is 1. The Hall–Kier alpha value is -0.380. The van der Waals surface area contributed by atoms with Crippen molar-refractivity contribution in [3.63, 3.8) is 0 Å². The average molecular weight is 200 g/mol. The highest BCUT2D eigenvalue weighted by molar-refractivity contribution is 8.00. The molecule has 2 aliphatic heterocycles. The van der Waals surface area contributed by atoms with Crippen LogP contribution in [-0.4, -0.2) is 41.1 Å². The fourth-order valence-corrected chi connectivity index (χ4v) is 3.34. The summed E-state index contributed by atoms with van der Waals surface area (Å²) in [5.41, 5.74) is 0. The third-order valence-corrected chi connectivity index (χ3v) is 4.29. The van der Waals surface area contributed by atoms with Crippen LogP contribution in [0.1, 0.15) is 19.8 Å². The van der Waals surface area contributed by atoms with Crippen LogP contribution in [0.25, 0.3) is 0 Å². The van der Waals surface area contributed by atoms with E-state index in [0.29, 0.717) is 4.75 Å². The molecule has 1 N–H and O–H groups in total. The van der Waals surface area contributed by atoms with Gasteiger partial charge in [0.15, 0.2) is 0 Å². The molecular formula is C9H16N2OS. The van der Waals surface area contributed by atoms with E-state index in [0.717, 1.165) is 19.6 Å². The normalized spacial score (nSPS) is 33.9. The first-order valence-corrected chi connectivity index (χ1v) is 5.85. The number of thioether (sulfide) groups is 1. The molecule has 2 heterocycles. The standard InChI is InChI=1S/C9H16N2OS/c1-9(3-2-6-13-9)7-11-5-4-10-8(11)12/h2-7H2,1H3,(H,10,12). The number of hydrogen-bond acceptors (Lipinski definition) is 2. The third-order valence-electron chi connectivity index (χ3n) is 2.77. The van der Waals surface area contributed by atoms with Crippen molar-refractivity contribution in [3.05, 3.63) is 0 Å². The highest BCUT2D eigenvalue weighted by atomic mass is 32.2. The van der Waals surface area contributed by atoms with E-state index in [9.17, 15) is 4.79 Å². The zero-order valence-corrected chi connectivity index (χ0v) is 8.82. The number of hydrogen-bond donors (Lipinski definition) is 1. The second-order valence-electron chi connectivity index (χ2n) is 4.06. The van der Waals surface area contributed by atoms with E-state index >= 15 is 0 Å². The monoisotopic (exact) mass is 200 g/mol. The van der Waals surface area contributed by atoms with Crippen molar-refractivity contribution in [1.29, 1.82) is 0 Å². The van der Waals surface area contributed by atoms with Gasteiger partial charge in [0.25, 0.3) is 0 Å². The Labute approximate surface area is 83.2 Å². The molecule has 0 radical (unpaired) electrons. The van der Waals surface area contributed by atoms with E-state index in [4.69, 9.17) is 0 Å². The Morgan fingerprint density at radius 3 is 3.08 bits per heavy atom. The molecule has 2 aliphatic rings. The lowest BCUT2D eigenvalue weighted by atomic mass is 10.1. The summed E-state index contributed by atoms with van der Waals surface area (Å²) in [7, 11) is 0. The molecule has 0 aromatic heterocycles. The molecule has 0 bridgehead atoms. The molecule has 3 nitrogen and oxygen atoms in total. The Kier molecular flexibility index (Phi) is 2.41. The number of carbonyl (C=O) groups is 1. The topological polar surface area (TPSA) is 32.3 Å². The van der Waals surface area contributed by atoms with Crippen molar-refractivity contribution in [2.75, 3.05) is 25.4 Å². The lowest BCUT2D eigenvalue weighted by Gasteiger charge is -2.27. The maximum Gasteiger partial charge on any atom is 0.317 e.